The zero-order chi connectivity index (χ0) is 4.41. The lowest BCUT2D eigenvalue weighted by Gasteiger charge is -1.96. The molecule has 34 valence electrons. The summed E-state index contributed by atoms with van der Waals surface area (Å²) in [5, 5.41) is 1.95. The van der Waals surface area contributed by atoms with Gasteiger partial charge in [0.15, 0.2) is 0 Å². The molecule has 6 heavy (non-hydrogen) atoms. The van der Waals surface area contributed by atoms with Crippen molar-refractivity contribution in [3.63, 3.8) is 0 Å². The fourth-order valence-electron chi connectivity index (χ4n) is 0.318. The van der Waals surface area contributed by atoms with Crippen LogP contribution < -0.4 is 0 Å². The van der Waals surface area contributed by atoms with Crippen LogP contribution in [0.4, 0.5) is 0 Å². The van der Waals surface area contributed by atoms with Crippen molar-refractivity contribution in [3.8, 4) is 0 Å². The monoisotopic (exact) mass is 102 g/mol. The van der Waals surface area contributed by atoms with E-state index in [-0.39, 0.29) is 0 Å². The predicted molar refractivity (Wildman–Crippen MR) is 27.3 cm³/mol. The van der Waals surface area contributed by atoms with Gasteiger partial charge in [-0.05, 0) is 6.92 Å². The van der Waals surface area contributed by atoms with E-state index in [4.69, 9.17) is 4.74 Å². The van der Waals surface area contributed by atoms with E-state index < -0.39 is 0 Å². The summed E-state index contributed by atoms with van der Waals surface area (Å²) in [6, 6.07) is 0. The highest BCUT2D eigenvalue weighted by Crippen LogP contribution is 2.19. The first-order chi connectivity index (χ1) is 2.89. The van der Waals surface area contributed by atoms with Gasteiger partial charge in [-0.3, -0.25) is 0 Å². The Morgan fingerprint density at radius 3 is 2.83 bits per heavy atom. The molecule has 1 heterocycles. The Hall–Kier alpha value is -0.110. The van der Waals surface area contributed by atoms with Crippen LogP contribution in [0.25, 0.3) is 0 Å². The molecule has 0 saturated carbocycles. The lowest BCUT2D eigenvalue weighted by Crippen LogP contribution is -1.87. The molecule has 0 spiro atoms. The van der Waals surface area contributed by atoms with Gasteiger partial charge in [-0.25, -0.2) is 0 Å². The van der Waals surface area contributed by atoms with Gasteiger partial charge < -0.3 is 4.74 Å². The van der Waals surface area contributed by atoms with E-state index in [1.54, 1.807) is 18.0 Å². The van der Waals surface area contributed by atoms with E-state index >= 15 is 0 Å². The molecule has 1 atom stereocenters. The second-order valence-electron chi connectivity index (χ2n) is 1.11. The molecule has 0 aromatic carbocycles. The topological polar surface area (TPSA) is 9.23 Å². The maximum Gasteiger partial charge on any atom is 0.144 e. The normalized spacial score (nSPS) is 30.5. The first-order valence-electron chi connectivity index (χ1n) is 1.85. The van der Waals surface area contributed by atoms with Gasteiger partial charge in [0.25, 0.3) is 0 Å². The molecule has 1 nitrogen and oxygen atoms in total. The predicted octanol–water partition coefficient (Wildman–Crippen LogP) is 1.57. The second kappa shape index (κ2) is 1.56. The van der Waals surface area contributed by atoms with Crippen molar-refractivity contribution in [2.45, 2.75) is 12.4 Å². The number of thioether (sulfide) groups is 1. The first-order valence-corrected chi connectivity index (χ1v) is 2.80. The van der Waals surface area contributed by atoms with E-state index in [0.29, 0.717) is 5.44 Å². The molecule has 1 unspecified atom stereocenters. The molecular weight excluding hydrogens is 96.1 g/mol. The summed E-state index contributed by atoms with van der Waals surface area (Å²) in [6.07, 6.45) is 1.72. The third-order valence-electron chi connectivity index (χ3n) is 0.596. The summed E-state index contributed by atoms with van der Waals surface area (Å²) >= 11 is 1.69. The fourth-order valence-corrected chi connectivity index (χ4v) is 0.795. The van der Waals surface area contributed by atoms with Crippen molar-refractivity contribution >= 4 is 11.8 Å². The molecule has 0 fully saturated rings. The minimum Gasteiger partial charge on any atom is -0.487 e. The molecule has 0 bridgehead atoms. The number of hydrogen-bond donors (Lipinski definition) is 0. The number of ether oxygens (including phenoxy) is 1. The van der Waals surface area contributed by atoms with E-state index in [9.17, 15) is 0 Å². The third-order valence-corrected chi connectivity index (χ3v) is 1.36. The Bertz CT molecular complexity index is 61.9. The van der Waals surface area contributed by atoms with Crippen LogP contribution in [-0.4, -0.2) is 5.44 Å². The first kappa shape index (κ1) is 4.06. The Labute approximate surface area is 41.4 Å². The molecule has 0 N–H and O–H groups in total. The highest BCUT2D eigenvalue weighted by molar-refractivity contribution is 8.02. The minimum absolute atomic E-state index is 0.352. The van der Waals surface area contributed by atoms with Gasteiger partial charge in [0.05, 0.1) is 6.26 Å². The maximum atomic E-state index is 4.94. The molecule has 0 amide bonds. The van der Waals surface area contributed by atoms with Gasteiger partial charge in [0.2, 0.25) is 0 Å². The smallest absolute Gasteiger partial charge is 0.144 e. The summed E-state index contributed by atoms with van der Waals surface area (Å²) in [5.74, 6) is 0. The number of hydrogen-bond acceptors (Lipinski definition) is 2. The van der Waals surface area contributed by atoms with Gasteiger partial charge in [-0.15, -0.1) is 0 Å². The molecule has 0 aromatic rings. The highest BCUT2D eigenvalue weighted by atomic mass is 32.2. The van der Waals surface area contributed by atoms with Crippen molar-refractivity contribution in [1.82, 2.24) is 0 Å². The van der Waals surface area contributed by atoms with Gasteiger partial charge >= 0.3 is 0 Å². The molecule has 2 heteroatoms. The van der Waals surface area contributed by atoms with E-state index in [2.05, 4.69) is 0 Å². The maximum absolute atomic E-state index is 4.94. The summed E-state index contributed by atoms with van der Waals surface area (Å²) in [5.41, 5.74) is 0.352. The highest BCUT2D eigenvalue weighted by Gasteiger charge is 2.00. The zero-order valence-electron chi connectivity index (χ0n) is 3.55. The minimum atomic E-state index is 0.352. The second-order valence-corrected chi connectivity index (χ2v) is 2.32. The van der Waals surface area contributed by atoms with Crippen molar-refractivity contribution in [2.75, 3.05) is 0 Å². The molecule has 1 aliphatic heterocycles. The molecule has 0 aliphatic carbocycles. The van der Waals surface area contributed by atoms with Crippen LogP contribution in [0.3, 0.4) is 0 Å². The molecule has 0 radical (unpaired) electrons. The Balaban J connectivity index is 2.32. The Morgan fingerprint density at radius 1 is 1.83 bits per heavy atom. The SMILES string of the molecule is CC1OC=CS1. The molecule has 0 saturated heterocycles. The van der Waals surface area contributed by atoms with E-state index in [0.717, 1.165) is 0 Å². The molecule has 0 aromatic heterocycles. The van der Waals surface area contributed by atoms with Crippen LogP contribution in [0.5, 0.6) is 0 Å². The van der Waals surface area contributed by atoms with Crippen molar-refractivity contribution in [2.24, 2.45) is 0 Å². The van der Waals surface area contributed by atoms with Gasteiger partial charge in [-0.2, -0.15) is 0 Å². The summed E-state index contributed by atoms with van der Waals surface area (Å²) < 4.78 is 4.94. The van der Waals surface area contributed by atoms with Crippen LogP contribution in [0.1, 0.15) is 6.92 Å². The summed E-state index contributed by atoms with van der Waals surface area (Å²) in [6.45, 7) is 2.02. The molecular formula is C4H6OS. The average molecular weight is 102 g/mol. The van der Waals surface area contributed by atoms with E-state index in [1.807, 2.05) is 12.3 Å². The zero-order valence-corrected chi connectivity index (χ0v) is 4.37. The standard InChI is InChI=1S/C4H6OS/c1-4-5-2-3-6-4/h2-4H,1H3. The summed E-state index contributed by atoms with van der Waals surface area (Å²) in [7, 11) is 0. The van der Waals surface area contributed by atoms with Crippen LogP contribution in [0.2, 0.25) is 0 Å². The van der Waals surface area contributed by atoms with Crippen molar-refractivity contribution < 1.29 is 4.74 Å². The van der Waals surface area contributed by atoms with Crippen LogP contribution in [-0.2, 0) is 4.74 Å². The van der Waals surface area contributed by atoms with Crippen LogP contribution in [0, 0.1) is 0 Å². The molecule has 1 rings (SSSR count). The Kier molecular flexibility index (Phi) is 1.05. The van der Waals surface area contributed by atoms with Crippen molar-refractivity contribution in [1.29, 1.82) is 0 Å². The van der Waals surface area contributed by atoms with E-state index in [1.165, 1.54) is 0 Å². The Morgan fingerprint density at radius 2 is 2.67 bits per heavy atom. The average Bonchev–Trinajstić information content (AvgIpc) is 1.86. The van der Waals surface area contributed by atoms with Crippen molar-refractivity contribution in [3.05, 3.63) is 11.7 Å². The third kappa shape index (κ3) is 0.684. The number of rotatable bonds is 0. The van der Waals surface area contributed by atoms with Gasteiger partial charge in [-0.1, -0.05) is 11.8 Å². The quantitative estimate of drug-likeness (QED) is 0.459. The largest absolute Gasteiger partial charge is 0.487 e. The fraction of sp³-hybridized carbons (Fsp3) is 0.500. The lowest BCUT2D eigenvalue weighted by atomic mass is 10.9. The van der Waals surface area contributed by atoms with Crippen LogP contribution >= 0.6 is 11.8 Å². The van der Waals surface area contributed by atoms with Gasteiger partial charge in [0, 0.05) is 5.41 Å². The molecule has 1 aliphatic rings. The van der Waals surface area contributed by atoms with Crippen LogP contribution in [0.15, 0.2) is 11.7 Å². The summed E-state index contributed by atoms with van der Waals surface area (Å²) in [4.78, 5) is 0. The lowest BCUT2D eigenvalue weighted by molar-refractivity contribution is 0.247. The van der Waals surface area contributed by atoms with Gasteiger partial charge in [0.1, 0.15) is 5.44 Å².